The largest absolute Gasteiger partial charge is 0.459 e. The topological polar surface area (TPSA) is 52.6 Å². The third-order valence-corrected chi connectivity index (χ3v) is 3.73. The summed E-state index contributed by atoms with van der Waals surface area (Å²) in [6.07, 6.45) is 0.992. The molecule has 0 spiro atoms. The van der Waals surface area contributed by atoms with E-state index in [2.05, 4.69) is 0 Å². The first-order valence-electron chi connectivity index (χ1n) is 6.80. The Morgan fingerprint density at radius 3 is 2.70 bits per heavy atom. The zero-order valence-corrected chi connectivity index (χ0v) is 11.3. The van der Waals surface area contributed by atoms with Gasteiger partial charge in [0, 0.05) is 37.7 Å². The molecule has 1 heterocycles. The predicted octanol–water partition coefficient (Wildman–Crippen LogP) is 2.70. The fourth-order valence-electron chi connectivity index (χ4n) is 2.93. The molecule has 2 atom stereocenters. The maximum atomic E-state index is 12.1. The minimum absolute atomic E-state index is 0.0423. The van der Waals surface area contributed by atoms with Crippen molar-refractivity contribution in [2.75, 3.05) is 0 Å². The Bertz CT molecular complexity index is 573. The number of hydrogen-bond donors (Lipinski definition) is 0. The highest BCUT2D eigenvalue weighted by Gasteiger charge is 2.39. The van der Waals surface area contributed by atoms with Crippen LogP contribution in [0.4, 0.5) is 0 Å². The third kappa shape index (κ3) is 2.33. The highest BCUT2D eigenvalue weighted by Crippen LogP contribution is 2.43. The van der Waals surface area contributed by atoms with Crippen LogP contribution in [0.15, 0.2) is 41.7 Å². The molecule has 0 unspecified atom stereocenters. The van der Waals surface area contributed by atoms with Gasteiger partial charge in [0.05, 0.1) is 0 Å². The highest BCUT2D eigenvalue weighted by molar-refractivity contribution is 5.99. The molecule has 1 aliphatic heterocycles. The van der Waals surface area contributed by atoms with Crippen LogP contribution in [-0.4, -0.2) is 18.0 Å². The number of carbonyl (C=O) groups excluding carboxylic acids is 2. The summed E-state index contributed by atoms with van der Waals surface area (Å²) in [6.45, 7) is 1.37. The van der Waals surface area contributed by atoms with Gasteiger partial charge in [0.15, 0.2) is 5.78 Å². The summed E-state index contributed by atoms with van der Waals surface area (Å²) < 4.78 is 10.8. The van der Waals surface area contributed by atoms with Crippen LogP contribution >= 0.6 is 0 Å². The zero-order valence-electron chi connectivity index (χ0n) is 11.3. The standard InChI is InChI=1S/C16H16O4/c1-10(17)19-15-9-12(11-5-3-2-4-6-11)16-13(18)7-8-14(16)20-15/h2-6,12,15H,7-9H2,1H3/t12-,15-/m0/s1. The van der Waals surface area contributed by atoms with Gasteiger partial charge in [0.25, 0.3) is 0 Å². The van der Waals surface area contributed by atoms with Gasteiger partial charge in [-0.05, 0) is 5.56 Å². The molecular formula is C16H16O4. The molecule has 0 fully saturated rings. The second kappa shape index (κ2) is 5.12. The van der Waals surface area contributed by atoms with Gasteiger partial charge in [-0.1, -0.05) is 30.3 Å². The molecular weight excluding hydrogens is 256 g/mol. The number of ether oxygens (including phenoxy) is 2. The molecule has 2 aliphatic rings. The van der Waals surface area contributed by atoms with E-state index in [0.717, 1.165) is 11.1 Å². The number of rotatable bonds is 2. The maximum absolute atomic E-state index is 12.1. The lowest BCUT2D eigenvalue weighted by atomic mass is 9.85. The molecule has 0 bridgehead atoms. The monoisotopic (exact) mass is 272 g/mol. The van der Waals surface area contributed by atoms with Crippen LogP contribution in [0.2, 0.25) is 0 Å². The van der Waals surface area contributed by atoms with E-state index in [4.69, 9.17) is 9.47 Å². The minimum Gasteiger partial charge on any atom is -0.459 e. The first kappa shape index (κ1) is 12.9. The lowest BCUT2D eigenvalue weighted by molar-refractivity contribution is -0.172. The molecule has 0 amide bonds. The Labute approximate surface area is 117 Å². The highest BCUT2D eigenvalue weighted by atomic mass is 16.7. The molecule has 0 saturated heterocycles. The van der Waals surface area contributed by atoms with E-state index in [1.54, 1.807) is 0 Å². The fraction of sp³-hybridized carbons (Fsp3) is 0.375. The number of allylic oxidation sites excluding steroid dienone is 2. The SMILES string of the molecule is CC(=O)O[C@@H]1C[C@@H](c2ccccc2)C2=C(CCC2=O)O1. The van der Waals surface area contributed by atoms with Crippen molar-refractivity contribution >= 4 is 11.8 Å². The zero-order chi connectivity index (χ0) is 14.1. The average molecular weight is 272 g/mol. The number of Topliss-reactive ketones (excluding diaryl/α,β-unsaturated/α-hetero) is 1. The summed E-state index contributed by atoms with van der Waals surface area (Å²) in [4.78, 5) is 23.2. The summed E-state index contributed by atoms with van der Waals surface area (Å²) in [6, 6.07) is 9.84. The van der Waals surface area contributed by atoms with Gasteiger partial charge in [-0.25, -0.2) is 0 Å². The van der Waals surface area contributed by atoms with Crippen LogP contribution < -0.4 is 0 Å². The Balaban J connectivity index is 1.95. The molecule has 0 radical (unpaired) electrons. The van der Waals surface area contributed by atoms with Crippen molar-refractivity contribution in [3.63, 3.8) is 0 Å². The molecule has 4 nitrogen and oxygen atoms in total. The molecule has 20 heavy (non-hydrogen) atoms. The number of benzene rings is 1. The van der Waals surface area contributed by atoms with Crippen molar-refractivity contribution in [2.24, 2.45) is 0 Å². The van der Waals surface area contributed by atoms with Gasteiger partial charge in [0.2, 0.25) is 6.29 Å². The van der Waals surface area contributed by atoms with E-state index >= 15 is 0 Å². The van der Waals surface area contributed by atoms with Gasteiger partial charge in [-0.3, -0.25) is 9.59 Å². The minimum atomic E-state index is -0.595. The van der Waals surface area contributed by atoms with E-state index < -0.39 is 6.29 Å². The van der Waals surface area contributed by atoms with Crippen molar-refractivity contribution in [3.8, 4) is 0 Å². The molecule has 1 aliphatic carbocycles. The van der Waals surface area contributed by atoms with Gasteiger partial charge in [-0.2, -0.15) is 0 Å². The van der Waals surface area contributed by atoms with Gasteiger partial charge >= 0.3 is 5.97 Å². The number of carbonyl (C=O) groups is 2. The van der Waals surface area contributed by atoms with E-state index in [1.165, 1.54) is 6.92 Å². The van der Waals surface area contributed by atoms with Gasteiger partial charge in [0.1, 0.15) is 5.76 Å². The second-order valence-electron chi connectivity index (χ2n) is 5.12. The second-order valence-corrected chi connectivity index (χ2v) is 5.12. The number of ketones is 1. The number of esters is 1. The summed E-state index contributed by atoms with van der Waals surface area (Å²) in [5, 5.41) is 0. The first-order chi connectivity index (χ1) is 9.65. The van der Waals surface area contributed by atoms with E-state index in [0.29, 0.717) is 25.0 Å². The lowest BCUT2D eigenvalue weighted by Crippen LogP contribution is -2.28. The Morgan fingerprint density at radius 2 is 2.00 bits per heavy atom. The van der Waals surface area contributed by atoms with Crippen LogP contribution in [0.5, 0.6) is 0 Å². The molecule has 0 aromatic heterocycles. The van der Waals surface area contributed by atoms with Crippen molar-refractivity contribution < 1.29 is 19.1 Å². The number of hydrogen-bond acceptors (Lipinski definition) is 4. The van der Waals surface area contributed by atoms with Gasteiger partial charge < -0.3 is 9.47 Å². The van der Waals surface area contributed by atoms with Crippen LogP contribution in [-0.2, 0) is 19.1 Å². The van der Waals surface area contributed by atoms with Crippen molar-refractivity contribution in [2.45, 2.75) is 38.4 Å². The lowest BCUT2D eigenvalue weighted by Gasteiger charge is -2.30. The van der Waals surface area contributed by atoms with Crippen molar-refractivity contribution in [1.29, 1.82) is 0 Å². The summed E-state index contributed by atoms with van der Waals surface area (Å²) in [7, 11) is 0. The molecule has 0 N–H and O–H groups in total. The van der Waals surface area contributed by atoms with E-state index in [9.17, 15) is 9.59 Å². The quantitative estimate of drug-likeness (QED) is 0.777. The Morgan fingerprint density at radius 1 is 1.25 bits per heavy atom. The predicted molar refractivity (Wildman–Crippen MR) is 71.7 cm³/mol. The average Bonchev–Trinajstić information content (AvgIpc) is 2.80. The summed E-state index contributed by atoms with van der Waals surface area (Å²) in [5.41, 5.74) is 1.83. The van der Waals surface area contributed by atoms with Crippen LogP contribution in [0.1, 0.15) is 37.7 Å². The van der Waals surface area contributed by atoms with E-state index in [-0.39, 0.29) is 17.7 Å². The molecule has 104 valence electrons. The van der Waals surface area contributed by atoms with E-state index in [1.807, 2.05) is 30.3 Å². The third-order valence-electron chi connectivity index (χ3n) is 3.73. The summed E-state index contributed by atoms with van der Waals surface area (Å²) in [5.74, 6) is 0.436. The fourth-order valence-corrected chi connectivity index (χ4v) is 2.93. The molecule has 1 aromatic rings. The Kier molecular flexibility index (Phi) is 3.30. The van der Waals surface area contributed by atoms with Gasteiger partial charge in [-0.15, -0.1) is 0 Å². The van der Waals surface area contributed by atoms with Crippen LogP contribution in [0.25, 0.3) is 0 Å². The van der Waals surface area contributed by atoms with Crippen LogP contribution in [0, 0.1) is 0 Å². The summed E-state index contributed by atoms with van der Waals surface area (Å²) >= 11 is 0. The molecule has 1 aromatic carbocycles. The normalized spacial score (nSPS) is 25.1. The molecule has 3 rings (SSSR count). The molecule has 4 heteroatoms. The van der Waals surface area contributed by atoms with Crippen LogP contribution in [0.3, 0.4) is 0 Å². The smallest absolute Gasteiger partial charge is 0.305 e. The maximum Gasteiger partial charge on any atom is 0.305 e. The molecule has 0 saturated carbocycles. The van der Waals surface area contributed by atoms with Crippen molar-refractivity contribution in [1.82, 2.24) is 0 Å². The van der Waals surface area contributed by atoms with Crippen molar-refractivity contribution in [3.05, 3.63) is 47.2 Å². The first-order valence-corrected chi connectivity index (χ1v) is 6.80. The Hall–Kier alpha value is -2.10.